The minimum atomic E-state index is -4.48. The van der Waals surface area contributed by atoms with Crippen molar-refractivity contribution in [1.29, 1.82) is 0 Å². The van der Waals surface area contributed by atoms with Crippen LogP contribution in [0, 0.1) is 0 Å². The van der Waals surface area contributed by atoms with Crippen LogP contribution in [0.4, 0.5) is 13.2 Å². The average molecular weight is 564 g/mol. The van der Waals surface area contributed by atoms with E-state index in [4.69, 9.17) is 21.1 Å². The molecule has 2 aromatic rings. The largest absolute Gasteiger partial charge is 0.490 e. The van der Waals surface area contributed by atoms with Gasteiger partial charge < -0.3 is 25.0 Å². The first-order valence-corrected chi connectivity index (χ1v) is 11.9. The van der Waals surface area contributed by atoms with Crippen LogP contribution in [0.5, 0.6) is 5.75 Å². The molecule has 0 radical (unpaired) electrons. The topological polar surface area (TPSA) is 90.5 Å². The summed E-state index contributed by atoms with van der Waals surface area (Å²) < 4.78 is 50.4. The highest BCUT2D eigenvalue weighted by atomic mass is 35.5. The second-order valence-corrected chi connectivity index (χ2v) is 9.28. The molecule has 0 aliphatic carbocycles. The maximum Gasteiger partial charge on any atom is 0.417 e. The number of carbonyl (C=O) groups is 1. The van der Waals surface area contributed by atoms with Gasteiger partial charge in [-0.3, -0.25) is 0 Å². The lowest BCUT2D eigenvalue weighted by Crippen LogP contribution is -2.40. The summed E-state index contributed by atoms with van der Waals surface area (Å²) in [6.45, 7) is 2.19. The number of esters is 1. The normalized spacial score (nSPS) is 18.6. The Labute approximate surface area is 224 Å². The average Bonchev–Trinajstić information content (AvgIpc) is 3.23. The number of alkyl halides is 3. The van der Waals surface area contributed by atoms with Gasteiger partial charge in [-0.15, -0.1) is 12.4 Å². The Balaban J connectivity index is 0.00000241. The third-order valence-electron chi connectivity index (χ3n) is 6.37. The molecule has 2 heterocycles. The van der Waals surface area contributed by atoms with Gasteiger partial charge in [0.15, 0.2) is 0 Å². The summed E-state index contributed by atoms with van der Waals surface area (Å²) in [5, 5.41) is 10.2. The first-order chi connectivity index (χ1) is 16.7. The van der Waals surface area contributed by atoms with Crippen LogP contribution in [0.25, 0.3) is 6.08 Å². The van der Waals surface area contributed by atoms with Gasteiger partial charge in [-0.1, -0.05) is 35.9 Å². The van der Waals surface area contributed by atoms with E-state index >= 15 is 0 Å². The lowest BCUT2D eigenvalue weighted by molar-refractivity contribution is -0.137. The van der Waals surface area contributed by atoms with Gasteiger partial charge in [-0.2, -0.15) is 13.2 Å². The van der Waals surface area contributed by atoms with Gasteiger partial charge in [0.2, 0.25) is 0 Å². The number of para-hydroxylation sites is 1. The van der Waals surface area contributed by atoms with Gasteiger partial charge >= 0.3 is 12.1 Å². The van der Waals surface area contributed by atoms with Crippen molar-refractivity contribution in [2.75, 3.05) is 32.8 Å². The van der Waals surface area contributed by atoms with Gasteiger partial charge in [0, 0.05) is 24.1 Å². The number of hydrogen-bond acceptors (Lipinski definition) is 5. The minimum absolute atomic E-state index is 0. The smallest absolute Gasteiger partial charge is 0.417 e. The zero-order chi connectivity index (χ0) is 25.0. The number of benzene rings is 2. The van der Waals surface area contributed by atoms with Gasteiger partial charge in [-0.25, -0.2) is 4.79 Å². The highest BCUT2D eigenvalue weighted by Gasteiger charge is 2.34. The number of piperidine rings is 1. The molecule has 2 aromatic carbocycles. The third-order valence-corrected chi connectivity index (χ3v) is 6.70. The van der Waals surface area contributed by atoms with Crippen molar-refractivity contribution in [3.8, 4) is 5.75 Å². The van der Waals surface area contributed by atoms with E-state index in [1.54, 1.807) is 18.2 Å². The molecule has 2 fully saturated rings. The molecule has 37 heavy (non-hydrogen) atoms. The number of hydrogen-bond donors (Lipinski definition) is 1. The highest BCUT2D eigenvalue weighted by molar-refractivity contribution is 6.31. The van der Waals surface area contributed by atoms with Gasteiger partial charge in [0.1, 0.15) is 18.5 Å². The first-order valence-electron chi connectivity index (χ1n) is 11.6. The number of aliphatic hydroxyl groups is 1. The Kier molecular flexibility index (Phi) is 11.3. The van der Waals surface area contributed by atoms with E-state index in [0.29, 0.717) is 62.4 Å². The fraction of sp³-hybridized carbons (Fsp3) is 0.423. The standard InChI is InChI=1S/C26H27ClF3NO4.ClH.H2O/c27-23-6-5-18(14-22(23)26(28,29)30)17-7-10-31(11-8-17)15-21(32)16-35-24-4-2-1-3-19(24)13-20-9-12-34-25(20)33;;/h1-6,13-14,17,21,32H,7-12,15-16H2;1H;1H2/t21-;;/m0../s1. The highest BCUT2D eigenvalue weighted by Crippen LogP contribution is 2.38. The predicted octanol–water partition coefficient (Wildman–Crippen LogP) is 4.91. The van der Waals surface area contributed by atoms with Crippen molar-refractivity contribution in [3.05, 3.63) is 69.8 Å². The second kappa shape index (κ2) is 13.5. The molecule has 2 aliphatic heterocycles. The SMILES string of the molecule is Cl.O.O=C1OCCC1=Cc1ccccc1OC[C@@H](O)CN1CCC(c2ccc(Cl)c(C(F)(F)F)c2)CC1. The fourth-order valence-corrected chi connectivity index (χ4v) is 4.72. The van der Waals surface area contributed by atoms with Crippen molar-refractivity contribution < 1.29 is 38.0 Å². The van der Waals surface area contributed by atoms with Crippen LogP contribution < -0.4 is 4.74 Å². The number of β-amino-alcohol motifs (C(OH)–C–C–N with tert-alkyl or cyclic N) is 1. The van der Waals surface area contributed by atoms with Crippen molar-refractivity contribution in [2.24, 2.45) is 0 Å². The van der Waals surface area contributed by atoms with Crippen LogP contribution in [0.1, 0.15) is 41.9 Å². The van der Waals surface area contributed by atoms with Crippen LogP contribution in [0.2, 0.25) is 5.02 Å². The van der Waals surface area contributed by atoms with Crippen molar-refractivity contribution in [1.82, 2.24) is 4.90 Å². The van der Waals surface area contributed by atoms with E-state index < -0.39 is 17.8 Å². The van der Waals surface area contributed by atoms with Crippen LogP contribution in [0.15, 0.2) is 48.0 Å². The Morgan fingerprint density at radius 3 is 2.54 bits per heavy atom. The third kappa shape index (κ3) is 8.09. The monoisotopic (exact) mass is 563 g/mol. The number of likely N-dealkylation sites (tertiary alicyclic amines) is 1. The number of rotatable bonds is 7. The Morgan fingerprint density at radius 1 is 1.19 bits per heavy atom. The lowest BCUT2D eigenvalue weighted by Gasteiger charge is -2.33. The van der Waals surface area contributed by atoms with E-state index in [1.807, 2.05) is 18.2 Å². The molecule has 0 amide bonds. The maximum atomic E-state index is 13.2. The Morgan fingerprint density at radius 2 is 1.89 bits per heavy atom. The van der Waals surface area contributed by atoms with Gasteiger partial charge in [0.25, 0.3) is 0 Å². The summed E-state index contributed by atoms with van der Waals surface area (Å²) in [5.74, 6) is 0.261. The van der Waals surface area contributed by atoms with Crippen LogP contribution in [-0.4, -0.2) is 60.4 Å². The van der Waals surface area contributed by atoms with Crippen molar-refractivity contribution in [3.63, 3.8) is 0 Å². The van der Waals surface area contributed by atoms with Crippen molar-refractivity contribution >= 4 is 36.1 Å². The summed E-state index contributed by atoms with van der Waals surface area (Å²) in [5.41, 5.74) is 1.18. The van der Waals surface area contributed by atoms with Gasteiger partial charge in [0.05, 0.1) is 17.2 Å². The number of carbonyl (C=O) groups excluding carboxylic acids is 1. The zero-order valence-corrected chi connectivity index (χ0v) is 21.5. The first kappa shape index (κ1) is 30.9. The molecule has 11 heteroatoms. The maximum absolute atomic E-state index is 13.2. The summed E-state index contributed by atoms with van der Waals surface area (Å²) in [6, 6.07) is 11.4. The Hall–Kier alpha value is -2.30. The Bertz CT molecular complexity index is 1090. The molecule has 1 atom stereocenters. The molecule has 0 saturated carbocycles. The molecular formula is C26H30Cl2F3NO5. The number of ether oxygens (including phenoxy) is 2. The van der Waals surface area contributed by atoms with E-state index in [-0.39, 0.29) is 41.4 Å². The summed E-state index contributed by atoms with van der Waals surface area (Å²) in [6.07, 6.45) is -1.52. The minimum Gasteiger partial charge on any atom is -0.490 e. The van der Waals surface area contributed by atoms with Crippen LogP contribution >= 0.6 is 24.0 Å². The number of nitrogens with zero attached hydrogens (tertiary/aromatic N) is 1. The van der Waals surface area contributed by atoms with E-state index in [9.17, 15) is 23.1 Å². The molecule has 2 aliphatic rings. The number of cyclic esters (lactones) is 1. The lowest BCUT2D eigenvalue weighted by atomic mass is 9.88. The van der Waals surface area contributed by atoms with E-state index in [0.717, 1.165) is 11.6 Å². The van der Waals surface area contributed by atoms with Crippen molar-refractivity contribution in [2.45, 2.75) is 37.5 Å². The molecule has 0 unspecified atom stereocenters. The van der Waals surface area contributed by atoms with E-state index in [2.05, 4.69) is 4.90 Å². The summed E-state index contributed by atoms with van der Waals surface area (Å²) in [4.78, 5) is 13.8. The second-order valence-electron chi connectivity index (χ2n) is 8.87. The molecule has 204 valence electrons. The molecule has 4 rings (SSSR count). The molecule has 3 N–H and O–H groups in total. The summed E-state index contributed by atoms with van der Waals surface area (Å²) in [7, 11) is 0. The molecule has 0 aromatic heterocycles. The number of aliphatic hydroxyl groups excluding tert-OH is 1. The quantitative estimate of drug-likeness (QED) is 0.382. The van der Waals surface area contributed by atoms with E-state index in [1.165, 1.54) is 6.07 Å². The molecular weight excluding hydrogens is 534 g/mol. The molecule has 6 nitrogen and oxygen atoms in total. The van der Waals surface area contributed by atoms with Crippen LogP contribution in [0.3, 0.4) is 0 Å². The number of halogens is 5. The molecule has 0 bridgehead atoms. The van der Waals surface area contributed by atoms with Gasteiger partial charge in [-0.05, 0) is 61.7 Å². The summed E-state index contributed by atoms with van der Waals surface area (Å²) >= 11 is 5.74. The zero-order valence-electron chi connectivity index (χ0n) is 20.0. The molecule has 0 spiro atoms. The molecule has 2 saturated heterocycles. The van der Waals surface area contributed by atoms with Crippen LogP contribution in [-0.2, 0) is 15.7 Å². The predicted molar refractivity (Wildman–Crippen MR) is 137 cm³/mol. The fourth-order valence-electron chi connectivity index (χ4n) is 4.50.